The van der Waals surface area contributed by atoms with Crippen LogP contribution in [0.4, 0.5) is 11.6 Å². The minimum absolute atomic E-state index is 0.824. The molecule has 2 rings (SSSR count). The van der Waals surface area contributed by atoms with E-state index in [4.69, 9.17) is 0 Å². The second-order valence-corrected chi connectivity index (χ2v) is 5.84. The highest BCUT2D eigenvalue weighted by molar-refractivity contribution is 5.57. The van der Waals surface area contributed by atoms with Crippen LogP contribution < -0.4 is 10.6 Å². The molecule has 112 valence electrons. The molecule has 0 aliphatic heterocycles. The zero-order valence-electron chi connectivity index (χ0n) is 13.1. The molecule has 4 heteroatoms. The van der Waals surface area contributed by atoms with Crippen molar-refractivity contribution < 1.29 is 0 Å². The van der Waals surface area contributed by atoms with E-state index in [1.54, 1.807) is 0 Å². The highest BCUT2D eigenvalue weighted by Gasteiger charge is 2.14. The van der Waals surface area contributed by atoms with Crippen LogP contribution in [0.1, 0.15) is 56.8 Å². The van der Waals surface area contributed by atoms with Crippen molar-refractivity contribution in [3.8, 4) is 0 Å². The number of hydrogen-bond donors (Lipinski definition) is 2. The number of aryl methyl sites for hydroxylation is 1. The first-order valence-corrected chi connectivity index (χ1v) is 8.03. The van der Waals surface area contributed by atoms with Crippen LogP contribution in [0.25, 0.3) is 0 Å². The maximum atomic E-state index is 4.52. The fourth-order valence-corrected chi connectivity index (χ4v) is 3.04. The van der Waals surface area contributed by atoms with Gasteiger partial charge in [-0.3, -0.25) is 0 Å². The third kappa shape index (κ3) is 4.09. The lowest BCUT2D eigenvalue weighted by molar-refractivity contribution is 0.491. The molecule has 1 heterocycles. The Labute approximate surface area is 122 Å². The first kappa shape index (κ1) is 15.1. The fraction of sp³-hybridized carbons (Fsp3) is 0.750. The molecule has 1 aromatic rings. The molecule has 0 unspecified atom stereocenters. The van der Waals surface area contributed by atoms with E-state index in [9.17, 15) is 0 Å². The number of rotatable bonds is 7. The highest BCUT2D eigenvalue weighted by atomic mass is 15.1. The molecular formula is C16H28N4. The maximum absolute atomic E-state index is 4.52. The summed E-state index contributed by atoms with van der Waals surface area (Å²) in [6.45, 7) is 8.02. The molecule has 1 aliphatic carbocycles. The zero-order chi connectivity index (χ0) is 14.4. The van der Waals surface area contributed by atoms with Gasteiger partial charge in [-0.15, -0.1) is 0 Å². The quantitative estimate of drug-likeness (QED) is 0.741. The highest BCUT2D eigenvalue weighted by Crippen LogP contribution is 2.28. The van der Waals surface area contributed by atoms with Gasteiger partial charge in [0.1, 0.15) is 17.5 Å². The molecule has 0 bridgehead atoms. The van der Waals surface area contributed by atoms with Crippen LogP contribution in [0, 0.1) is 19.8 Å². The van der Waals surface area contributed by atoms with E-state index >= 15 is 0 Å². The lowest BCUT2D eigenvalue weighted by Crippen LogP contribution is -2.11. The molecule has 20 heavy (non-hydrogen) atoms. The standard InChI is InChI=1S/C16H28N4/c1-4-17-15-12(2)16(20-13(3)19-15)18-11-7-10-14-8-5-6-9-14/h14H,4-11H2,1-3H3,(H2,17,18,19,20). The summed E-state index contributed by atoms with van der Waals surface area (Å²) < 4.78 is 0. The summed E-state index contributed by atoms with van der Waals surface area (Å²) >= 11 is 0. The predicted molar refractivity (Wildman–Crippen MR) is 85.4 cm³/mol. The van der Waals surface area contributed by atoms with Crippen LogP contribution >= 0.6 is 0 Å². The van der Waals surface area contributed by atoms with Crippen LogP contribution in [-0.4, -0.2) is 23.1 Å². The number of aromatic nitrogens is 2. The van der Waals surface area contributed by atoms with Crippen LogP contribution in [0.2, 0.25) is 0 Å². The van der Waals surface area contributed by atoms with E-state index in [1.807, 2.05) is 6.92 Å². The van der Waals surface area contributed by atoms with E-state index in [2.05, 4.69) is 34.4 Å². The average Bonchev–Trinajstić information content (AvgIpc) is 2.93. The lowest BCUT2D eigenvalue weighted by atomic mass is 10.0. The Morgan fingerprint density at radius 1 is 1.05 bits per heavy atom. The second-order valence-electron chi connectivity index (χ2n) is 5.84. The summed E-state index contributed by atoms with van der Waals surface area (Å²) in [5.74, 6) is 3.74. The molecule has 2 N–H and O–H groups in total. The third-order valence-electron chi connectivity index (χ3n) is 4.16. The van der Waals surface area contributed by atoms with E-state index < -0.39 is 0 Å². The zero-order valence-corrected chi connectivity index (χ0v) is 13.1. The monoisotopic (exact) mass is 276 g/mol. The van der Waals surface area contributed by atoms with Crippen LogP contribution in [0.3, 0.4) is 0 Å². The van der Waals surface area contributed by atoms with E-state index in [-0.39, 0.29) is 0 Å². The van der Waals surface area contributed by atoms with Crippen molar-refractivity contribution in [1.82, 2.24) is 9.97 Å². The van der Waals surface area contributed by atoms with Gasteiger partial charge in [0.2, 0.25) is 0 Å². The Kier molecular flexibility index (Phi) is 5.62. The van der Waals surface area contributed by atoms with Gasteiger partial charge in [-0.2, -0.15) is 0 Å². The van der Waals surface area contributed by atoms with Gasteiger partial charge in [0, 0.05) is 18.7 Å². The molecule has 1 saturated carbocycles. The topological polar surface area (TPSA) is 49.8 Å². The molecule has 1 fully saturated rings. The van der Waals surface area contributed by atoms with Crippen LogP contribution in [0.15, 0.2) is 0 Å². The maximum Gasteiger partial charge on any atom is 0.134 e. The Balaban J connectivity index is 1.84. The van der Waals surface area contributed by atoms with Crippen LogP contribution in [-0.2, 0) is 0 Å². The van der Waals surface area contributed by atoms with Gasteiger partial charge in [-0.1, -0.05) is 25.7 Å². The number of nitrogens with one attached hydrogen (secondary N) is 2. The molecule has 1 aromatic heterocycles. The molecule has 0 atom stereocenters. The lowest BCUT2D eigenvalue weighted by Gasteiger charge is -2.14. The van der Waals surface area contributed by atoms with Crippen molar-refractivity contribution in [3.63, 3.8) is 0 Å². The summed E-state index contributed by atoms with van der Waals surface area (Å²) in [5, 5.41) is 6.79. The van der Waals surface area contributed by atoms with Crippen molar-refractivity contribution in [3.05, 3.63) is 11.4 Å². The summed E-state index contributed by atoms with van der Waals surface area (Å²) in [6.07, 6.45) is 8.36. The second kappa shape index (κ2) is 7.46. The van der Waals surface area contributed by atoms with Gasteiger partial charge in [0.25, 0.3) is 0 Å². The first-order chi connectivity index (χ1) is 9.70. The van der Waals surface area contributed by atoms with Gasteiger partial charge in [-0.25, -0.2) is 9.97 Å². The Bertz CT molecular complexity index is 425. The molecule has 1 aliphatic rings. The van der Waals surface area contributed by atoms with E-state index in [1.165, 1.54) is 38.5 Å². The van der Waals surface area contributed by atoms with Crippen molar-refractivity contribution in [1.29, 1.82) is 0 Å². The minimum Gasteiger partial charge on any atom is -0.370 e. The fourth-order valence-electron chi connectivity index (χ4n) is 3.04. The first-order valence-electron chi connectivity index (χ1n) is 8.03. The molecule has 4 nitrogen and oxygen atoms in total. The van der Waals surface area contributed by atoms with Crippen molar-refractivity contribution in [2.75, 3.05) is 23.7 Å². The molecule has 0 saturated heterocycles. The van der Waals surface area contributed by atoms with Crippen molar-refractivity contribution in [2.45, 2.75) is 59.3 Å². The SMILES string of the molecule is CCNc1nc(C)nc(NCCCC2CCCC2)c1C. The number of nitrogens with zero attached hydrogens (tertiary/aromatic N) is 2. The summed E-state index contributed by atoms with van der Waals surface area (Å²) in [4.78, 5) is 8.97. The largest absolute Gasteiger partial charge is 0.370 e. The number of hydrogen-bond acceptors (Lipinski definition) is 4. The van der Waals surface area contributed by atoms with Gasteiger partial charge >= 0.3 is 0 Å². The predicted octanol–water partition coefficient (Wildman–Crippen LogP) is 3.91. The van der Waals surface area contributed by atoms with Gasteiger partial charge in [0.15, 0.2) is 0 Å². The summed E-state index contributed by atoms with van der Waals surface area (Å²) in [6, 6.07) is 0. The average molecular weight is 276 g/mol. The van der Waals surface area contributed by atoms with Gasteiger partial charge < -0.3 is 10.6 Å². The molecular weight excluding hydrogens is 248 g/mol. The Morgan fingerprint density at radius 3 is 2.35 bits per heavy atom. The van der Waals surface area contributed by atoms with E-state index in [0.29, 0.717) is 0 Å². The van der Waals surface area contributed by atoms with Crippen molar-refractivity contribution >= 4 is 11.6 Å². The minimum atomic E-state index is 0.824. The summed E-state index contributed by atoms with van der Waals surface area (Å²) in [5.41, 5.74) is 1.12. The van der Waals surface area contributed by atoms with Gasteiger partial charge in [0.05, 0.1) is 0 Å². The van der Waals surface area contributed by atoms with Gasteiger partial charge in [-0.05, 0) is 39.5 Å². The van der Waals surface area contributed by atoms with Crippen molar-refractivity contribution in [2.24, 2.45) is 5.92 Å². The Hall–Kier alpha value is -1.32. The molecule has 0 aromatic carbocycles. The number of anilines is 2. The normalized spacial score (nSPS) is 15.6. The van der Waals surface area contributed by atoms with Crippen LogP contribution in [0.5, 0.6) is 0 Å². The molecule has 0 radical (unpaired) electrons. The van der Waals surface area contributed by atoms with E-state index in [0.717, 1.165) is 42.0 Å². The Morgan fingerprint density at radius 2 is 1.70 bits per heavy atom. The summed E-state index contributed by atoms with van der Waals surface area (Å²) in [7, 11) is 0. The third-order valence-corrected chi connectivity index (χ3v) is 4.16. The molecule has 0 spiro atoms. The molecule has 0 amide bonds. The smallest absolute Gasteiger partial charge is 0.134 e.